The number of benzene rings is 2. The summed E-state index contributed by atoms with van der Waals surface area (Å²) in [7, 11) is 0. The van der Waals surface area contributed by atoms with E-state index in [0.29, 0.717) is 17.9 Å². The van der Waals surface area contributed by atoms with E-state index < -0.39 is 11.6 Å². The second-order valence-electron chi connectivity index (χ2n) is 4.26. The Morgan fingerprint density at radius 1 is 1.15 bits per heavy atom. The third-order valence-electron chi connectivity index (χ3n) is 2.85. The summed E-state index contributed by atoms with van der Waals surface area (Å²) < 4.78 is 32.0. The number of carbonyl (C=O) groups excluding carboxylic acids is 1. The van der Waals surface area contributed by atoms with Crippen LogP contribution in [0.5, 0.6) is 5.75 Å². The predicted molar refractivity (Wildman–Crippen MR) is 72.0 cm³/mol. The van der Waals surface area contributed by atoms with E-state index in [1.807, 2.05) is 6.92 Å². The van der Waals surface area contributed by atoms with Gasteiger partial charge in [-0.2, -0.15) is 0 Å². The molecule has 0 saturated heterocycles. The van der Waals surface area contributed by atoms with E-state index in [9.17, 15) is 13.6 Å². The van der Waals surface area contributed by atoms with E-state index >= 15 is 0 Å². The fourth-order valence-corrected chi connectivity index (χ4v) is 1.93. The zero-order valence-corrected chi connectivity index (χ0v) is 11.0. The molecule has 0 aromatic heterocycles. The second-order valence-corrected chi connectivity index (χ2v) is 4.26. The zero-order valence-electron chi connectivity index (χ0n) is 11.0. The molecule has 0 aliphatic carbocycles. The lowest BCUT2D eigenvalue weighted by Gasteiger charge is -2.09. The Morgan fingerprint density at radius 2 is 1.90 bits per heavy atom. The molecular weight excluding hydrogens is 262 g/mol. The van der Waals surface area contributed by atoms with Gasteiger partial charge in [0.15, 0.2) is 5.78 Å². The van der Waals surface area contributed by atoms with Crippen molar-refractivity contribution < 1.29 is 18.3 Å². The number of para-hydroxylation sites is 1. The zero-order chi connectivity index (χ0) is 14.5. The van der Waals surface area contributed by atoms with Crippen LogP contribution in [0.4, 0.5) is 8.78 Å². The van der Waals surface area contributed by atoms with Crippen molar-refractivity contribution in [2.75, 3.05) is 6.61 Å². The van der Waals surface area contributed by atoms with E-state index in [0.717, 1.165) is 18.2 Å². The molecule has 0 atom stereocenters. The second kappa shape index (κ2) is 6.28. The molecule has 2 rings (SSSR count). The van der Waals surface area contributed by atoms with Crippen LogP contribution in [0, 0.1) is 11.6 Å². The Morgan fingerprint density at radius 3 is 2.65 bits per heavy atom. The molecule has 0 bridgehead atoms. The summed E-state index contributed by atoms with van der Waals surface area (Å²) in [5, 5.41) is 0. The molecule has 104 valence electrons. The molecule has 0 radical (unpaired) electrons. The highest BCUT2D eigenvalue weighted by atomic mass is 19.1. The highest BCUT2D eigenvalue weighted by Gasteiger charge is 2.15. The Labute approximate surface area is 116 Å². The molecule has 0 spiro atoms. The Kier molecular flexibility index (Phi) is 4.45. The van der Waals surface area contributed by atoms with E-state index in [1.54, 1.807) is 24.3 Å². The van der Waals surface area contributed by atoms with Crippen molar-refractivity contribution in [3.8, 4) is 5.75 Å². The molecule has 20 heavy (non-hydrogen) atoms. The SMILES string of the molecule is CCOc1ccccc1C(=O)Cc1cc(F)ccc1F. The van der Waals surface area contributed by atoms with Crippen molar-refractivity contribution in [2.24, 2.45) is 0 Å². The summed E-state index contributed by atoms with van der Waals surface area (Å²) in [4.78, 5) is 12.2. The maximum Gasteiger partial charge on any atom is 0.171 e. The molecule has 2 nitrogen and oxygen atoms in total. The predicted octanol–water partition coefficient (Wildman–Crippen LogP) is 3.79. The average Bonchev–Trinajstić information content (AvgIpc) is 2.44. The monoisotopic (exact) mass is 276 g/mol. The summed E-state index contributed by atoms with van der Waals surface area (Å²) in [5.74, 6) is -1.00. The summed E-state index contributed by atoms with van der Waals surface area (Å²) in [5.41, 5.74) is 0.416. The lowest BCUT2D eigenvalue weighted by atomic mass is 10.0. The number of hydrogen-bond donors (Lipinski definition) is 0. The molecule has 0 saturated carbocycles. The van der Waals surface area contributed by atoms with Crippen LogP contribution in [-0.2, 0) is 6.42 Å². The lowest BCUT2D eigenvalue weighted by Crippen LogP contribution is -2.08. The molecule has 4 heteroatoms. The summed E-state index contributed by atoms with van der Waals surface area (Å²) in [6.45, 7) is 2.24. The fourth-order valence-electron chi connectivity index (χ4n) is 1.93. The first-order chi connectivity index (χ1) is 9.61. The van der Waals surface area contributed by atoms with Crippen LogP contribution in [0.2, 0.25) is 0 Å². The van der Waals surface area contributed by atoms with E-state index in [2.05, 4.69) is 0 Å². The summed E-state index contributed by atoms with van der Waals surface area (Å²) in [6, 6.07) is 9.84. The molecule has 0 aliphatic rings. The summed E-state index contributed by atoms with van der Waals surface area (Å²) in [6.07, 6.45) is -0.201. The topological polar surface area (TPSA) is 26.3 Å². The van der Waals surface area contributed by atoms with Crippen LogP contribution in [0.1, 0.15) is 22.8 Å². The van der Waals surface area contributed by atoms with Gasteiger partial charge in [-0.3, -0.25) is 4.79 Å². The first-order valence-corrected chi connectivity index (χ1v) is 6.30. The lowest BCUT2D eigenvalue weighted by molar-refractivity contribution is 0.0988. The maximum absolute atomic E-state index is 13.5. The Bertz CT molecular complexity index is 624. The fraction of sp³-hybridized carbons (Fsp3) is 0.188. The van der Waals surface area contributed by atoms with E-state index in [4.69, 9.17) is 4.74 Å². The van der Waals surface area contributed by atoms with Gasteiger partial charge in [0.1, 0.15) is 17.4 Å². The minimum Gasteiger partial charge on any atom is -0.493 e. The van der Waals surface area contributed by atoms with Crippen molar-refractivity contribution in [3.05, 3.63) is 65.2 Å². The molecule has 0 unspecified atom stereocenters. The van der Waals surface area contributed by atoms with Gasteiger partial charge in [-0.25, -0.2) is 8.78 Å². The minimum absolute atomic E-state index is 0.0429. The van der Waals surface area contributed by atoms with Gasteiger partial charge >= 0.3 is 0 Å². The smallest absolute Gasteiger partial charge is 0.171 e. The van der Waals surface area contributed by atoms with E-state index in [-0.39, 0.29) is 17.8 Å². The van der Waals surface area contributed by atoms with Crippen LogP contribution in [0.15, 0.2) is 42.5 Å². The Balaban J connectivity index is 2.26. The van der Waals surface area contributed by atoms with Crippen LogP contribution >= 0.6 is 0 Å². The van der Waals surface area contributed by atoms with Crippen LogP contribution in [-0.4, -0.2) is 12.4 Å². The highest BCUT2D eigenvalue weighted by molar-refractivity contribution is 5.99. The third-order valence-corrected chi connectivity index (χ3v) is 2.85. The van der Waals surface area contributed by atoms with Gasteiger partial charge in [-0.15, -0.1) is 0 Å². The quantitative estimate of drug-likeness (QED) is 0.777. The molecule has 2 aromatic rings. The Hall–Kier alpha value is -2.23. The van der Waals surface area contributed by atoms with Gasteiger partial charge in [-0.05, 0) is 42.8 Å². The molecule has 0 amide bonds. The number of halogens is 2. The van der Waals surface area contributed by atoms with Gasteiger partial charge in [-0.1, -0.05) is 12.1 Å². The van der Waals surface area contributed by atoms with Crippen molar-refractivity contribution in [2.45, 2.75) is 13.3 Å². The number of Topliss-reactive ketones (excluding diaryl/α,β-unsaturated/α-hetero) is 1. The van der Waals surface area contributed by atoms with Crippen molar-refractivity contribution in [1.82, 2.24) is 0 Å². The highest BCUT2D eigenvalue weighted by Crippen LogP contribution is 2.21. The summed E-state index contributed by atoms with van der Waals surface area (Å²) >= 11 is 0. The molecule has 2 aromatic carbocycles. The number of ketones is 1. The normalized spacial score (nSPS) is 10.3. The molecule has 0 aliphatic heterocycles. The first kappa shape index (κ1) is 14.2. The van der Waals surface area contributed by atoms with Gasteiger partial charge in [0.25, 0.3) is 0 Å². The molecule has 0 heterocycles. The van der Waals surface area contributed by atoms with Gasteiger partial charge < -0.3 is 4.74 Å². The first-order valence-electron chi connectivity index (χ1n) is 6.30. The van der Waals surface area contributed by atoms with Crippen molar-refractivity contribution >= 4 is 5.78 Å². The van der Waals surface area contributed by atoms with Crippen molar-refractivity contribution in [3.63, 3.8) is 0 Å². The molecule has 0 N–H and O–H groups in total. The van der Waals surface area contributed by atoms with Crippen LogP contribution in [0.3, 0.4) is 0 Å². The number of rotatable bonds is 5. The number of hydrogen-bond acceptors (Lipinski definition) is 2. The standard InChI is InChI=1S/C16H14F2O2/c1-2-20-16-6-4-3-5-13(16)15(19)10-11-9-12(17)7-8-14(11)18/h3-9H,2,10H2,1H3. The average molecular weight is 276 g/mol. The third kappa shape index (κ3) is 3.20. The van der Waals surface area contributed by atoms with E-state index in [1.165, 1.54) is 0 Å². The number of carbonyl (C=O) groups is 1. The molecular formula is C16H14F2O2. The van der Waals surface area contributed by atoms with Gasteiger partial charge in [0.2, 0.25) is 0 Å². The largest absolute Gasteiger partial charge is 0.493 e. The number of ether oxygens (including phenoxy) is 1. The molecule has 0 fully saturated rings. The van der Waals surface area contributed by atoms with Crippen LogP contribution in [0.25, 0.3) is 0 Å². The minimum atomic E-state index is -0.589. The maximum atomic E-state index is 13.5. The van der Waals surface area contributed by atoms with Gasteiger partial charge in [0.05, 0.1) is 12.2 Å². The van der Waals surface area contributed by atoms with Crippen molar-refractivity contribution in [1.29, 1.82) is 0 Å². The van der Waals surface area contributed by atoms with Gasteiger partial charge in [0, 0.05) is 6.42 Å². The van der Waals surface area contributed by atoms with Crippen LogP contribution < -0.4 is 4.74 Å².